The fraction of sp³-hybridized carbons (Fsp3) is 0.250. The molecule has 0 bridgehead atoms. The predicted molar refractivity (Wildman–Crippen MR) is 46.6 cm³/mol. The van der Waals surface area contributed by atoms with Crippen molar-refractivity contribution in [2.45, 2.75) is 6.30 Å². The Morgan fingerprint density at radius 3 is 2.27 bits per heavy atom. The van der Waals surface area contributed by atoms with E-state index in [1.54, 1.807) is 19.2 Å². The zero-order valence-corrected chi connectivity index (χ0v) is 7.07. The lowest BCUT2D eigenvalue weighted by Gasteiger charge is -2.04. The molecule has 0 spiro atoms. The molecule has 0 saturated carbocycles. The van der Waals surface area contributed by atoms with Gasteiger partial charge in [0.2, 0.25) is 0 Å². The summed E-state index contributed by atoms with van der Waals surface area (Å²) in [7, 11) is 1.59. The topological polar surface area (TPSA) is 12.0 Å². The van der Waals surface area contributed by atoms with Crippen LogP contribution in [0.3, 0.4) is 0 Å². The molecule has 0 fully saturated rings. The number of benzene rings is 1. The van der Waals surface area contributed by atoms with Gasteiger partial charge in [-0.25, -0.2) is 4.39 Å². The molecule has 62 valence electrons. The Hall–Kier alpha value is -0.600. The summed E-state index contributed by atoms with van der Waals surface area (Å²) in [6, 6.07) is 9.01. The third-order valence-electron chi connectivity index (χ3n) is 1.35. The van der Waals surface area contributed by atoms with Crippen molar-refractivity contribution < 1.29 is 4.39 Å². The summed E-state index contributed by atoms with van der Waals surface area (Å²) in [6.45, 7) is 0. The number of nitrogens with one attached hydrogen (secondary N) is 1. The molecule has 0 aliphatic rings. The highest BCUT2D eigenvalue weighted by molar-refractivity contribution is 5.85. The third-order valence-corrected chi connectivity index (χ3v) is 1.35. The van der Waals surface area contributed by atoms with Gasteiger partial charge >= 0.3 is 0 Å². The van der Waals surface area contributed by atoms with Gasteiger partial charge in [-0.1, -0.05) is 30.3 Å². The second-order valence-corrected chi connectivity index (χ2v) is 2.06. The Bertz CT molecular complexity index is 191. The van der Waals surface area contributed by atoms with Crippen LogP contribution in [0.4, 0.5) is 4.39 Å². The highest BCUT2D eigenvalue weighted by atomic mass is 35.5. The number of hydrogen-bond acceptors (Lipinski definition) is 1. The molecule has 0 amide bonds. The molecule has 3 heteroatoms. The molecule has 0 radical (unpaired) electrons. The lowest BCUT2D eigenvalue weighted by molar-refractivity contribution is 0.300. The molecule has 1 aromatic rings. The molecule has 0 aliphatic heterocycles. The van der Waals surface area contributed by atoms with Crippen LogP contribution in [-0.2, 0) is 0 Å². The van der Waals surface area contributed by atoms with Crippen LogP contribution in [-0.4, -0.2) is 7.05 Å². The molecule has 1 atom stereocenters. The van der Waals surface area contributed by atoms with Crippen LogP contribution in [0, 0.1) is 0 Å². The molecule has 1 rings (SSSR count). The number of alkyl halides is 1. The molecule has 0 aromatic heterocycles. The van der Waals surface area contributed by atoms with E-state index in [-0.39, 0.29) is 12.4 Å². The highest BCUT2D eigenvalue weighted by Gasteiger charge is 2.02. The molecule has 0 heterocycles. The van der Waals surface area contributed by atoms with Crippen molar-refractivity contribution in [1.82, 2.24) is 5.32 Å². The zero-order valence-electron chi connectivity index (χ0n) is 6.25. The van der Waals surface area contributed by atoms with Gasteiger partial charge in [-0.3, -0.25) is 5.32 Å². The summed E-state index contributed by atoms with van der Waals surface area (Å²) in [5.41, 5.74) is 0.671. The average Bonchev–Trinajstić information content (AvgIpc) is 2.05. The number of rotatable bonds is 2. The normalized spacial score (nSPS) is 11.8. The van der Waals surface area contributed by atoms with E-state index >= 15 is 0 Å². The third kappa shape index (κ3) is 2.87. The molecular formula is C8H11ClFN. The minimum absolute atomic E-state index is 0. The quantitative estimate of drug-likeness (QED) is 0.681. The lowest BCUT2D eigenvalue weighted by atomic mass is 10.2. The molecule has 0 aliphatic carbocycles. The fourth-order valence-electron chi connectivity index (χ4n) is 0.789. The summed E-state index contributed by atoms with van der Waals surface area (Å²) >= 11 is 0. The molecule has 11 heavy (non-hydrogen) atoms. The van der Waals surface area contributed by atoms with E-state index in [4.69, 9.17) is 0 Å². The molecule has 1 N–H and O–H groups in total. The lowest BCUT2D eigenvalue weighted by Crippen LogP contribution is -2.10. The van der Waals surface area contributed by atoms with Gasteiger partial charge in [-0.05, 0) is 7.05 Å². The fourth-order valence-corrected chi connectivity index (χ4v) is 0.789. The number of halogens is 2. The van der Waals surface area contributed by atoms with Crippen LogP contribution in [0.15, 0.2) is 30.3 Å². The Morgan fingerprint density at radius 1 is 1.27 bits per heavy atom. The summed E-state index contributed by atoms with van der Waals surface area (Å²) < 4.78 is 12.8. The van der Waals surface area contributed by atoms with Crippen molar-refractivity contribution in [2.75, 3.05) is 7.05 Å². The van der Waals surface area contributed by atoms with E-state index in [1.165, 1.54) is 0 Å². The Balaban J connectivity index is 0.000001000. The standard InChI is InChI=1S/C8H10FN.ClH/c1-10-8(9)7-5-3-2-4-6-7;/h2-6,8,10H,1H3;1H. The van der Waals surface area contributed by atoms with E-state index in [1.807, 2.05) is 18.2 Å². The van der Waals surface area contributed by atoms with Crippen LogP contribution < -0.4 is 5.32 Å². The van der Waals surface area contributed by atoms with Gasteiger partial charge in [0.25, 0.3) is 0 Å². The second kappa shape index (κ2) is 5.10. The summed E-state index contributed by atoms with van der Waals surface area (Å²) in [5, 5.41) is 2.51. The van der Waals surface area contributed by atoms with E-state index in [2.05, 4.69) is 5.32 Å². The molecule has 1 unspecified atom stereocenters. The van der Waals surface area contributed by atoms with Crippen molar-refractivity contribution in [2.24, 2.45) is 0 Å². The Labute approximate surface area is 72.0 Å². The van der Waals surface area contributed by atoms with Gasteiger partial charge in [0, 0.05) is 5.56 Å². The summed E-state index contributed by atoms with van der Waals surface area (Å²) in [6.07, 6.45) is -1.04. The van der Waals surface area contributed by atoms with E-state index in [0.29, 0.717) is 5.56 Å². The minimum Gasteiger partial charge on any atom is -0.287 e. The largest absolute Gasteiger partial charge is 0.287 e. The van der Waals surface area contributed by atoms with Gasteiger partial charge < -0.3 is 0 Å². The van der Waals surface area contributed by atoms with Crippen LogP contribution in [0.25, 0.3) is 0 Å². The predicted octanol–water partition coefficient (Wildman–Crippen LogP) is 2.30. The van der Waals surface area contributed by atoms with Gasteiger partial charge in [-0.15, -0.1) is 12.4 Å². The van der Waals surface area contributed by atoms with Crippen LogP contribution in [0.2, 0.25) is 0 Å². The van der Waals surface area contributed by atoms with E-state index in [0.717, 1.165) is 0 Å². The zero-order chi connectivity index (χ0) is 7.40. The van der Waals surface area contributed by atoms with Crippen molar-refractivity contribution in [3.63, 3.8) is 0 Å². The minimum atomic E-state index is -1.04. The van der Waals surface area contributed by atoms with Gasteiger partial charge in [-0.2, -0.15) is 0 Å². The van der Waals surface area contributed by atoms with Crippen molar-refractivity contribution >= 4 is 12.4 Å². The van der Waals surface area contributed by atoms with Gasteiger partial charge in [0.1, 0.15) is 0 Å². The first-order chi connectivity index (χ1) is 4.84. The first-order valence-electron chi connectivity index (χ1n) is 3.21. The van der Waals surface area contributed by atoms with Crippen molar-refractivity contribution in [3.05, 3.63) is 35.9 Å². The monoisotopic (exact) mass is 175 g/mol. The van der Waals surface area contributed by atoms with Crippen molar-refractivity contribution in [1.29, 1.82) is 0 Å². The van der Waals surface area contributed by atoms with Crippen LogP contribution >= 0.6 is 12.4 Å². The van der Waals surface area contributed by atoms with Crippen molar-refractivity contribution in [3.8, 4) is 0 Å². The summed E-state index contributed by atoms with van der Waals surface area (Å²) in [4.78, 5) is 0. The molecule has 1 nitrogen and oxygen atoms in total. The maximum absolute atomic E-state index is 12.8. The van der Waals surface area contributed by atoms with Gasteiger partial charge in [0.15, 0.2) is 6.30 Å². The van der Waals surface area contributed by atoms with E-state index < -0.39 is 6.30 Å². The van der Waals surface area contributed by atoms with E-state index in [9.17, 15) is 4.39 Å². The average molecular weight is 176 g/mol. The Kier molecular flexibility index (Phi) is 4.83. The smallest absolute Gasteiger partial charge is 0.176 e. The maximum atomic E-state index is 12.8. The highest BCUT2D eigenvalue weighted by Crippen LogP contribution is 2.11. The molecule has 0 saturated heterocycles. The van der Waals surface area contributed by atoms with Crippen LogP contribution in [0.5, 0.6) is 0 Å². The summed E-state index contributed by atoms with van der Waals surface area (Å²) in [5.74, 6) is 0. The maximum Gasteiger partial charge on any atom is 0.176 e. The number of hydrogen-bond donors (Lipinski definition) is 1. The van der Waals surface area contributed by atoms with Gasteiger partial charge in [0.05, 0.1) is 0 Å². The first kappa shape index (κ1) is 10.4. The SMILES string of the molecule is CNC(F)c1ccccc1.Cl. The molecular weight excluding hydrogens is 165 g/mol. The second-order valence-electron chi connectivity index (χ2n) is 2.06. The first-order valence-corrected chi connectivity index (χ1v) is 3.21. The molecule has 1 aromatic carbocycles. The van der Waals surface area contributed by atoms with Crippen LogP contribution in [0.1, 0.15) is 11.9 Å². The Morgan fingerprint density at radius 2 is 1.82 bits per heavy atom.